The lowest BCUT2D eigenvalue weighted by atomic mass is 9.96. The third-order valence-corrected chi connectivity index (χ3v) is 4.16. The first-order chi connectivity index (χ1) is 12.0. The number of nitrogens with one attached hydrogen (secondary N) is 1. The standard InChI is InChI=1S/C22H29NO2/c1-5-21(25-19-13-9-10-17(4)15-19)22(24)23-20(14-16(2)3)18-11-7-6-8-12-18/h6-13,15-16,20-21H,5,14H2,1-4H3,(H,23,24)/t20-,21-/m0/s1. The van der Waals surface area contributed by atoms with Crippen molar-refractivity contribution in [3.8, 4) is 5.75 Å². The van der Waals surface area contributed by atoms with Gasteiger partial charge in [-0.05, 0) is 48.9 Å². The van der Waals surface area contributed by atoms with Crippen molar-refractivity contribution in [2.45, 2.75) is 52.7 Å². The molecule has 134 valence electrons. The summed E-state index contributed by atoms with van der Waals surface area (Å²) in [5.41, 5.74) is 2.25. The summed E-state index contributed by atoms with van der Waals surface area (Å²) in [5.74, 6) is 1.17. The minimum Gasteiger partial charge on any atom is -0.481 e. The maximum Gasteiger partial charge on any atom is 0.261 e. The SMILES string of the molecule is CC[C@H](Oc1cccc(C)c1)C(=O)N[C@@H](CC(C)C)c1ccccc1. The lowest BCUT2D eigenvalue weighted by Crippen LogP contribution is -2.40. The molecular weight excluding hydrogens is 310 g/mol. The zero-order valence-electron chi connectivity index (χ0n) is 15.7. The number of carbonyl (C=O) groups excluding carboxylic acids is 1. The summed E-state index contributed by atoms with van der Waals surface area (Å²) in [6, 6.07) is 18.0. The Bertz CT molecular complexity index is 667. The van der Waals surface area contributed by atoms with Gasteiger partial charge in [-0.2, -0.15) is 0 Å². The predicted molar refractivity (Wildman–Crippen MR) is 103 cm³/mol. The molecule has 0 saturated heterocycles. The second-order valence-corrected chi connectivity index (χ2v) is 6.93. The van der Waals surface area contributed by atoms with E-state index in [0.717, 1.165) is 23.3 Å². The van der Waals surface area contributed by atoms with E-state index in [9.17, 15) is 4.79 Å². The molecule has 1 amide bonds. The van der Waals surface area contributed by atoms with E-state index < -0.39 is 6.10 Å². The van der Waals surface area contributed by atoms with Crippen LogP contribution in [0.25, 0.3) is 0 Å². The number of aryl methyl sites for hydroxylation is 1. The van der Waals surface area contributed by atoms with Gasteiger partial charge in [0, 0.05) is 0 Å². The molecule has 1 N–H and O–H groups in total. The normalized spacial score (nSPS) is 13.3. The van der Waals surface area contributed by atoms with E-state index in [1.165, 1.54) is 0 Å². The van der Waals surface area contributed by atoms with Gasteiger partial charge in [-0.3, -0.25) is 4.79 Å². The lowest BCUT2D eigenvalue weighted by Gasteiger charge is -2.24. The Morgan fingerprint density at radius 3 is 2.40 bits per heavy atom. The summed E-state index contributed by atoms with van der Waals surface area (Å²) in [6.07, 6.45) is 1.04. The molecule has 0 heterocycles. The highest BCUT2D eigenvalue weighted by Crippen LogP contribution is 2.22. The number of rotatable bonds is 8. The van der Waals surface area contributed by atoms with E-state index >= 15 is 0 Å². The average molecular weight is 339 g/mol. The van der Waals surface area contributed by atoms with Crippen molar-refractivity contribution in [3.05, 3.63) is 65.7 Å². The van der Waals surface area contributed by atoms with Crippen LogP contribution in [0.5, 0.6) is 5.75 Å². The minimum absolute atomic E-state index is 0.00357. The third kappa shape index (κ3) is 5.93. The van der Waals surface area contributed by atoms with Crippen LogP contribution in [-0.4, -0.2) is 12.0 Å². The van der Waals surface area contributed by atoms with Crippen LogP contribution in [0.3, 0.4) is 0 Å². The van der Waals surface area contributed by atoms with Crippen LogP contribution in [0.15, 0.2) is 54.6 Å². The maximum absolute atomic E-state index is 12.8. The van der Waals surface area contributed by atoms with Crippen molar-refractivity contribution < 1.29 is 9.53 Å². The fourth-order valence-electron chi connectivity index (χ4n) is 2.87. The van der Waals surface area contributed by atoms with Crippen molar-refractivity contribution in [2.75, 3.05) is 0 Å². The molecule has 0 spiro atoms. The first-order valence-corrected chi connectivity index (χ1v) is 9.08. The van der Waals surface area contributed by atoms with Crippen LogP contribution in [0.1, 0.15) is 50.8 Å². The number of hydrogen-bond donors (Lipinski definition) is 1. The first kappa shape index (κ1) is 19.0. The summed E-state index contributed by atoms with van der Waals surface area (Å²) < 4.78 is 5.94. The minimum atomic E-state index is -0.486. The predicted octanol–water partition coefficient (Wildman–Crippen LogP) is 5.06. The number of hydrogen-bond acceptors (Lipinski definition) is 2. The highest BCUT2D eigenvalue weighted by atomic mass is 16.5. The van der Waals surface area contributed by atoms with Gasteiger partial charge >= 0.3 is 0 Å². The second kappa shape index (κ2) is 9.26. The van der Waals surface area contributed by atoms with E-state index in [1.54, 1.807) is 0 Å². The van der Waals surface area contributed by atoms with Gasteiger partial charge in [0.05, 0.1) is 6.04 Å². The van der Waals surface area contributed by atoms with E-state index in [2.05, 4.69) is 31.3 Å². The molecular formula is C22H29NO2. The summed E-state index contributed by atoms with van der Waals surface area (Å²) in [6.45, 7) is 8.33. The lowest BCUT2D eigenvalue weighted by molar-refractivity contribution is -0.129. The molecule has 2 aromatic carbocycles. The maximum atomic E-state index is 12.8. The van der Waals surface area contributed by atoms with E-state index in [1.807, 2.05) is 56.3 Å². The molecule has 0 aromatic heterocycles. The highest BCUT2D eigenvalue weighted by molar-refractivity contribution is 5.81. The molecule has 0 fully saturated rings. The van der Waals surface area contributed by atoms with Gasteiger partial charge < -0.3 is 10.1 Å². The molecule has 0 bridgehead atoms. The van der Waals surface area contributed by atoms with Crippen LogP contribution in [0.2, 0.25) is 0 Å². The molecule has 0 saturated carbocycles. The van der Waals surface area contributed by atoms with Gasteiger partial charge in [0.15, 0.2) is 6.10 Å². The Morgan fingerprint density at radius 2 is 1.80 bits per heavy atom. The first-order valence-electron chi connectivity index (χ1n) is 9.08. The van der Waals surface area contributed by atoms with Crippen molar-refractivity contribution in [2.24, 2.45) is 5.92 Å². The van der Waals surface area contributed by atoms with Gasteiger partial charge in [-0.15, -0.1) is 0 Å². The summed E-state index contributed by atoms with van der Waals surface area (Å²) in [5, 5.41) is 3.19. The van der Waals surface area contributed by atoms with Gasteiger partial charge in [-0.25, -0.2) is 0 Å². The molecule has 25 heavy (non-hydrogen) atoms. The van der Waals surface area contributed by atoms with Gasteiger partial charge in [0.2, 0.25) is 0 Å². The fraction of sp³-hybridized carbons (Fsp3) is 0.409. The zero-order chi connectivity index (χ0) is 18.2. The monoisotopic (exact) mass is 339 g/mol. The average Bonchev–Trinajstić information content (AvgIpc) is 2.59. The van der Waals surface area contributed by atoms with Crippen LogP contribution in [-0.2, 0) is 4.79 Å². The Labute approximate surface area is 151 Å². The molecule has 0 aliphatic heterocycles. The number of ether oxygens (including phenoxy) is 1. The summed E-state index contributed by atoms with van der Waals surface area (Å²) in [7, 11) is 0. The topological polar surface area (TPSA) is 38.3 Å². The van der Waals surface area contributed by atoms with E-state index in [-0.39, 0.29) is 11.9 Å². The summed E-state index contributed by atoms with van der Waals surface area (Å²) in [4.78, 5) is 12.8. The van der Waals surface area contributed by atoms with Crippen LogP contribution in [0, 0.1) is 12.8 Å². The van der Waals surface area contributed by atoms with Crippen molar-refractivity contribution in [1.29, 1.82) is 0 Å². The van der Waals surface area contributed by atoms with Crippen LogP contribution < -0.4 is 10.1 Å². The Morgan fingerprint density at radius 1 is 1.08 bits per heavy atom. The van der Waals surface area contributed by atoms with Gasteiger partial charge in [0.1, 0.15) is 5.75 Å². The number of carbonyl (C=O) groups is 1. The quantitative estimate of drug-likeness (QED) is 0.730. The van der Waals surface area contributed by atoms with E-state index in [4.69, 9.17) is 4.74 Å². The summed E-state index contributed by atoms with van der Waals surface area (Å²) >= 11 is 0. The molecule has 0 radical (unpaired) electrons. The molecule has 0 aliphatic rings. The van der Waals surface area contributed by atoms with Gasteiger partial charge in [0.25, 0.3) is 5.91 Å². The van der Waals surface area contributed by atoms with Crippen LogP contribution in [0.4, 0.5) is 0 Å². The zero-order valence-corrected chi connectivity index (χ0v) is 15.7. The third-order valence-electron chi connectivity index (χ3n) is 4.16. The largest absolute Gasteiger partial charge is 0.481 e. The molecule has 2 aromatic rings. The molecule has 3 heteroatoms. The number of benzene rings is 2. The number of amides is 1. The van der Waals surface area contributed by atoms with Crippen molar-refractivity contribution in [3.63, 3.8) is 0 Å². The Kier molecular flexibility index (Phi) is 7.05. The van der Waals surface area contributed by atoms with Crippen molar-refractivity contribution in [1.82, 2.24) is 5.32 Å². The highest BCUT2D eigenvalue weighted by Gasteiger charge is 2.23. The Balaban J connectivity index is 2.09. The molecule has 3 nitrogen and oxygen atoms in total. The molecule has 0 unspecified atom stereocenters. The molecule has 2 rings (SSSR count). The van der Waals surface area contributed by atoms with Crippen molar-refractivity contribution >= 4 is 5.91 Å². The smallest absolute Gasteiger partial charge is 0.261 e. The van der Waals surface area contributed by atoms with E-state index in [0.29, 0.717) is 12.3 Å². The van der Waals surface area contributed by atoms with Crippen LogP contribution >= 0.6 is 0 Å². The fourth-order valence-corrected chi connectivity index (χ4v) is 2.87. The molecule has 0 aliphatic carbocycles. The Hall–Kier alpha value is -2.29. The second-order valence-electron chi connectivity index (χ2n) is 6.93. The molecule has 2 atom stereocenters. The van der Waals surface area contributed by atoms with Gasteiger partial charge in [-0.1, -0.05) is 63.2 Å².